The summed E-state index contributed by atoms with van der Waals surface area (Å²) in [5, 5.41) is 1.05. The lowest BCUT2D eigenvalue weighted by Crippen LogP contribution is -2.48. The predicted molar refractivity (Wildman–Crippen MR) is 195 cm³/mol. The number of hydrogen-bond donors (Lipinski definition) is 1. The van der Waals surface area contributed by atoms with Crippen LogP contribution in [0.15, 0.2) is 36.4 Å². The van der Waals surface area contributed by atoms with E-state index in [0.717, 1.165) is 82.8 Å². The first kappa shape index (κ1) is 34.2. The molecule has 3 amide bonds. The Bertz CT molecular complexity index is 2050. The van der Waals surface area contributed by atoms with Crippen molar-refractivity contribution in [3.8, 4) is 17.0 Å². The Morgan fingerprint density at radius 3 is 2.45 bits per heavy atom. The highest BCUT2D eigenvalue weighted by Gasteiger charge is 2.70. The number of aromatic nitrogens is 1. The maximum atomic E-state index is 15.2. The zero-order valence-corrected chi connectivity index (χ0v) is 31.1. The fraction of sp³-hybridized carbons (Fsp3) is 0.564. The highest BCUT2D eigenvalue weighted by Crippen LogP contribution is 2.70. The third-order valence-corrected chi connectivity index (χ3v) is 14.4. The molecule has 1 N–H and O–H groups in total. The van der Waals surface area contributed by atoms with Crippen LogP contribution in [0.5, 0.6) is 5.75 Å². The van der Waals surface area contributed by atoms with E-state index in [1.165, 1.54) is 26.1 Å². The van der Waals surface area contributed by atoms with E-state index in [4.69, 9.17) is 4.74 Å². The zero-order valence-electron chi connectivity index (χ0n) is 30.3. The molecule has 5 aliphatic rings. The van der Waals surface area contributed by atoms with E-state index in [1.54, 1.807) is 20.1 Å². The van der Waals surface area contributed by atoms with Gasteiger partial charge in [-0.2, -0.15) is 12.7 Å². The fourth-order valence-electron chi connectivity index (χ4n) is 10.3. The van der Waals surface area contributed by atoms with Crippen LogP contribution in [0.25, 0.3) is 22.2 Å². The molecule has 2 aromatic carbocycles. The molecule has 11 nitrogen and oxygen atoms in total. The Hall–Kier alpha value is -3.90. The van der Waals surface area contributed by atoms with Crippen LogP contribution in [0.4, 0.5) is 0 Å². The van der Waals surface area contributed by atoms with Crippen molar-refractivity contribution in [1.82, 2.24) is 23.4 Å². The molecule has 8 rings (SSSR count). The van der Waals surface area contributed by atoms with Gasteiger partial charge in [0.1, 0.15) is 5.75 Å². The van der Waals surface area contributed by atoms with Crippen LogP contribution in [-0.4, -0.2) is 91.7 Å². The summed E-state index contributed by atoms with van der Waals surface area (Å²) in [4.78, 5) is 45.3. The Balaban J connectivity index is 1.30. The zero-order chi connectivity index (χ0) is 36.0. The van der Waals surface area contributed by atoms with Crippen LogP contribution < -0.4 is 9.46 Å². The number of hydrogen-bond acceptors (Lipinski definition) is 6. The van der Waals surface area contributed by atoms with E-state index >= 15 is 4.79 Å². The van der Waals surface area contributed by atoms with Gasteiger partial charge < -0.3 is 19.1 Å². The molecular weight excluding hydrogens is 667 g/mol. The normalized spacial score (nSPS) is 27.3. The minimum atomic E-state index is -4.00. The number of fused-ring (bicyclic) bond motifs is 8. The second-order valence-corrected chi connectivity index (χ2v) is 17.7. The molecule has 1 aromatic heterocycles. The van der Waals surface area contributed by atoms with E-state index in [1.807, 2.05) is 28.0 Å². The highest BCUT2D eigenvalue weighted by molar-refractivity contribution is 7.87. The third kappa shape index (κ3) is 5.30. The minimum absolute atomic E-state index is 0.0347. The van der Waals surface area contributed by atoms with Crippen LogP contribution in [0, 0.1) is 17.3 Å². The first-order chi connectivity index (χ1) is 24.4. The van der Waals surface area contributed by atoms with Gasteiger partial charge in [-0.25, -0.2) is 4.72 Å². The summed E-state index contributed by atoms with van der Waals surface area (Å²) in [6, 6.07) is 11.8. The molecule has 4 heterocycles. The lowest BCUT2D eigenvalue weighted by molar-refractivity contribution is -0.138. The van der Waals surface area contributed by atoms with Crippen LogP contribution in [0.3, 0.4) is 0 Å². The van der Waals surface area contributed by atoms with Gasteiger partial charge in [0, 0.05) is 75.1 Å². The second-order valence-electron chi connectivity index (χ2n) is 15.8. The van der Waals surface area contributed by atoms with Crippen LogP contribution in [0.1, 0.15) is 92.1 Å². The Kier molecular flexibility index (Phi) is 8.29. The monoisotopic (exact) mass is 715 g/mol. The number of rotatable bonds is 6. The van der Waals surface area contributed by atoms with Crippen LogP contribution in [0.2, 0.25) is 0 Å². The smallest absolute Gasteiger partial charge is 0.303 e. The first-order valence-corrected chi connectivity index (χ1v) is 20.0. The molecule has 51 heavy (non-hydrogen) atoms. The molecule has 5 unspecified atom stereocenters. The number of methoxy groups -OCH3 is 1. The van der Waals surface area contributed by atoms with Gasteiger partial charge in [-0.15, -0.1) is 0 Å². The molecule has 2 aliphatic carbocycles. The van der Waals surface area contributed by atoms with Gasteiger partial charge in [0.25, 0.3) is 5.91 Å². The number of ether oxygens (including phenoxy) is 1. The van der Waals surface area contributed by atoms with Crippen molar-refractivity contribution in [3.05, 3.63) is 53.1 Å². The Morgan fingerprint density at radius 1 is 0.980 bits per heavy atom. The molecule has 0 radical (unpaired) electrons. The molecule has 272 valence electrons. The molecule has 12 heteroatoms. The van der Waals surface area contributed by atoms with Gasteiger partial charge in [0.05, 0.1) is 24.3 Å². The Morgan fingerprint density at radius 2 is 1.75 bits per heavy atom. The molecule has 0 bridgehead atoms. The molecule has 5 atom stereocenters. The van der Waals surface area contributed by atoms with E-state index in [9.17, 15) is 18.0 Å². The predicted octanol–water partition coefficient (Wildman–Crippen LogP) is 5.10. The average Bonchev–Trinajstić information content (AvgIpc) is 3.36. The fourth-order valence-corrected chi connectivity index (χ4v) is 10.8. The minimum Gasteiger partial charge on any atom is -0.497 e. The van der Waals surface area contributed by atoms with Crippen molar-refractivity contribution in [1.29, 1.82) is 0 Å². The van der Waals surface area contributed by atoms with Crippen molar-refractivity contribution >= 4 is 38.8 Å². The lowest BCUT2D eigenvalue weighted by atomic mass is 9.81. The topological polar surface area (TPSA) is 121 Å². The number of nitrogens with one attached hydrogen (secondary N) is 1. The quantitative estimate of drug-likeness (QED) is 0.379. The maximum Gasteiger partial charge on any atom is 0.303 e. The largest absolute Gasteiger partial charge is 0.497 e. The molecule has 2 saturated heterocycles. The third-order valence-electron chi connectivity index (χ3n) is 13.0. The first-order valence-electron chi connectivity index (χ1n) is 18.5. The maximum absolute atomic E-state index is 15.2. The van der Waals surface area contributed by atoms with Gasteiger partial charge in [-0.1, -0.05) is 32.3 Å². The second kappa shape index (κ2) is 12.4. The summed E-state index contributed by atoms with van der Waals surface area (Å²) in [5.41, 5.74) is 4.91. The molecule has 2 saturated carbocycles. The number of benzene rings is 2. The van der Waals surface area contributed by atoms with Crippen molar-refractivity contribution < 1.29 is 27.5 Å². The van der Waals surface area contributed by atoms with Gasteiger partial charge in [0.2, 0.25) is 11.8 Å². The van der Waals surface area contributed by atoms with E-state index in [-0.39, 0.29) is 41.2 Å². The van der Waals surface area contributed by atoms with Crippen LogP contribution in [-0.2, 0) is 26.3 Å². The van der Waals surface area contributed by atoms with Crippen molar-refractivity contribution in [2.45, 2.75) is 83.2 Å². The molecule has 4 fully saturated rings. The van der Waals surface area contributed by atoms with Crippen molar-refractivity contribution in [2.24, 2.45) is 17.3 Å². The Labute approximate surface area is 300 Å². The van der Waals surface area contributed by atoms with Gasteiger partial charge in [0.15, 0.2) is 0 Å². The number of nitrogens with zero attached hydrogens (tertiary/aromatic N) is 4. The van der Waals surface area contributed by atoms with Gasteiger partial charge in [-0.3, -0.25) is 14.4 Å². The molecule has 0 spiro atoms. The molecule has 3 aromatic rings. The lowest BCUT2D eigenvalue weighted by Gasteiger charge is -2.36. The van der Waals surface area contributed by atoms with E-state index < -0.39 is 21.5 Å². The van der Waals surface area contributed by atoms with Crippen LogP contribution >= 0.6 is 0 Å². The SMILES string of the molecule is COc1ccc2c(c1)C1C(C)C1(C(=O)N1CC3CCCN(C(C)=O)C3C1)Cn1c-2c(C2CCCCC2)c2ccc(C(=O)NS(=O)(=O)N(C)C)cc21. The number of amides is 3. The number of piperidine rings is 1. The van der Waals surface area contributed by atoms with Gasteiger partial charge >= 0.3 is 10.2 Å². The summed E-state index contributed by atoms with van der Waals surface area (Å²) in [6.07, 6.45) is 7.59. The number of carbonyl (C=O) groups is 3. The summed E-state index contributed by atoms with van der Waals surface area (Å²) < 4.78 is 36.5. The number of likely N-dealkylation sites (tertiary alicyclic amines) is 2. The highest BCUT2D eigenvalue weighted by atomic mass is 32.2. The van der Waals surface area contributed by atoms with Gasteiger partial charge in [-0.05, 0) is 84.9 Å². The summed E-state index contributed by atoms with van der Waals surface area (Å²) in [6.45, 7) is 6.19. The standard InChI is InChI=1S/C39H49N5O6S/c1-23-35-31-19-28(50-5)14-16-29(31)36-34(25-10-7-6-8-11-25)30-15-13-26(37(46)40-51(48,49)41(3)4)18-32(30)44(36)22-39(23,35)38(47)42-20-27-12-9-17-43(24(2)45)33(27)21-42/h13-16,18-19,23,25,27,33,35H,6-12,17,20-22H2,1-5H3,(H,40,46). The summed E-state index contributed by atoms with van der Waals surface area (Å²) >= 11 is 0. The van der Waals surface area contributed by atoms with E-state index in [2.05, 4.69) is 28.3 Å². The van der Waals surface area contributed by atoms with Crippen molar-refractivity contribution in [3.63, 3.8) is 0 Å². The van der Waals surface area contributed by atoms with E-state index in [0.29, 0.717) is 25.6 Å². The summed E-state index contributed by atoms with van der Waals surface area (Å²) in [5.74, 6) is 0.859. The van der Waals surface area contributed by atoms with Crippen molar-refractivity contribution in [2.75, 3.05) is 40.8 Å². The summed E-state index contributed by atoms with van der Waals surface area (Å²) in [7, 11) is 0.436. The molecular formula is C39H49N5O6S. The average molecular weight is 716 g/mol. The molecule has 3 aliphatic heterocycles. The number of carbonyl (C=O) groups excluding carboxylic acids is 3.